The van der Waals surface area contributed by atoms with E-state index < -0.39 is 5.60 Å². The number of fused-ring (bicyclic) bond motifs is 10. The number of aryl methyl sites for hydroxylation is 1. The number of hydrogen-bond acceptors (Lipinski definition) is 5. The number of rotatable bonds is 7. The molecule has 1 unspecified atom stereocenters. The van der Waals surface area contributed by atoms with Crippen LogP contribution in [0.2, 0.25) is 0 Å². The predicted molar refractivity (Wildman–Crippen MR) is 246 cm³/mol. The van der Waals surface area contributed by atoms with E-state index in [2.05, 4.69) is 157 Å². The molecule has 0 bridgehead atoms. The van der Waals surface area contributed by atoms with Crippen molar-refractivity contribution in [3.8, 4) is 28.4 Å². The Morgan fingerprint density at radius 1 is 0.574 bits per heavy atom. The van der Waals surface area contributed by atoms with Crippen LogP contribution in [0.15, 0.2) is 152 Å². The molecular formula is C56H51NO4. The van der Waals surface area contributed by atoms with E-state index in [0.29, 0.717) is 0 Å². The summed E-state index contributed by atoms with van der Waals surface area (Å²) >= 11 is 0. The van der Waals surface area contributed by atoms with Gasteiger partial charge in [-0.05, 0) is 120 Å². The van der Waals surface area contributed by atoms with E-state index in [4.69, 9.17) is 18.9 Å². The van der Waals surface area contributed by atoms with Crippen LogP contribution in [0.25, 0.3) is 28.0 Å². The lowest BCUT2D eigenvalue weighted by Gasteiger charge is -2.48. The molecule has 7 aromatic carbocycles. The van der Waals surface area contributed by atoms with Crippen LogP contribution in [0, 0.1) is 6.92 Å². The molecule has 5 nitrogen and oxygen atoms in total. The Morgan fingerprint density at radius 3 is 1.82 bits per heavy atom. The molecule has 2 heterocycles. The van der Waals surface area contributed by atoms with Gasteiger partial charge in [-0.1, -0.05) is 115 Å². The van der Waals surface area contributed by atoms with E-state index in [1.165, 1.54) is 55.6 Å². The van der Waals surface area contributed by atoms with Crippen molar-refractivity contribution in [3.63, 3.8) is 0 Å². The summed E-state index contributed by atoms with van der Waals surface area (Å²) in [5.74, 6) is 2.65. The molecule has 0 radical (unpaired) electrons. The van der Waals surface area contributed by atoms with Crippen molar-refractivity contribution in [1.29, 1.82) is 0 Å². The van der Waals surface area contributed by atoms with Crippen LogP contribution in [0.1, 0.15) is 70.2 Å². The van der Waals surface area contributed by atoms with Gasteiger partial charge in [0.2, 0.25) is 0 Å². The number of anilines is 1. The molecule has 2 aliphatic heterocycles. The van der Waals surface area contributed by atoms with Crippen molar-refractivity contribution in [2.75, 3.05) is 45.4 Å². The quantitative estimate of drug-likeness (QED) is 0.161. The van der Waals surface area contributed by atoms with Crippen molar-refractivity contribution in [1.82, 2.24) is 0 Å². The van der Waals surface area contributed by atoms with Gasteiger partial charge in [0.15, 0.2) is 5.60 Å². The molecule has 1 atom stereocenters. The summed E-state index contributed by atoms with van der Waals surface area (Å²) in [6, 6.07) is 53.6. The van der Waals surface area contributed by atoms with Gasteiger partial charge in [0.05, 0.1) is 27.4 Å². The van der Waals surface area contributed by atoms with E-state index in [0.717, 1.165) is 85.7 Å². The summed E-state index contributed by atoms with van der Waals surface area (Å²) in [6.45, 7) is 5.45. The van der Waals surface area contributed by atoms with Crippen molar-refractivity contribution in [2.45, 2.75) is 49.0 Å². The smallest absolute Gasteiger partial charge is 0.178 e. The van der Waals surface area contributed by atoms with Crippen LogP contribution in [-0.2, 0) is 21.2 Å². The van der Waals surface area contributed by atoms with E-state index in [1.807, 2.05) is 12.1 Å². The lowest BCUT2D eigenvalue weighted by Crippen LogP contribution is -2.41. The van der Waals surface area contributed by atoms with Gasteiger partial charge in [0.25, 0.3) is 0 Å². The zero-order chi connectivity index (χ0) is 41.2. The monoisotopic (exact) mass is 801 g/mol. The summed E-state index contributed by atoms with van der Waals surface area (Å²) in [5.41, 5.74) is 12.6. The van der Waals surface area contributed by atoms with E-state index in [1.54, 1.807) is 14.2 Å². The molecular weight excluding hydrogens is 751 g/mol. The van der Waals surface area contributed by atoms with Gasteiger partial charge in [0, 0.05) is 51.7 Å². The van der Waals surface area contributed by atoms with Crippen molar-refractivity contribution >= 4 is 22.5 Å². The molecule has 304 valence electrons. The Hall–Kier alpha value is -6.30. The maximum Gasteiger partial charge on any atom is 0.178 e. The lowest BCUT2D eigenvalue weighted by atomic mass is 9.56. The molecule has 11 rings (SSSR count). The normalized spacial score (nSPS) is 19.5. The second-order valence-corrected chi connectivity index (χ2v) is 17.4. The first-order valence-electron chi connectivity index (χ1n) is 21.8. The van der Waals surface area contributed by atoms with Crippen molar-refractivity contribution < 1.29 is 18.9 Å². The van der Waals surface area contributed by atoms with Crippen LogP contribution in [-0.4, -0.2) is 40.5 Å². The average Bonchev–Trinajstić information content (AvgIpc) is 3.61. The number of methoxy groups -OCH3 is 2. The first-order valence-corrected chi connectivity index (χ1v) is 21.8. The molecule has 0 N–H and O–H groups in total. The minimum atomic E-state index is -0.891. The molecule has 1 saturated heterocycles. The van der Waals surface area contributed by atoms with Gasteiger partial charge in [-0.2, -0.15) is 0 Å². The van der Waals surface area contributed by atoms with Crippen LogP contribution in [0.4, 0.5) is 5.69 Å². The van der Waals surface area contributed by atoms with Crippen molar-refractivity contribution in [2.24, 2.45) is 0 Å². The Bertz CT molecular complexity index is 2740. The highest BCUT2D eigenvalue weighted by Crippen LogP contribution is 2.65. The second kappa shape index (κ2) is 14.7. The maximum atomic E-state index is 7.82. The number of nitrogens with zero attached hydrogens (tertiary/aromatic N) is 1. The van der Waals surface area contributed by atoms with Gasteiger partial charge in [-0.15, -0.1) is 0 Å². The molecule has 1 saturated carbocycles. The molecule has 1 spiro atoms. The number of benzene rings is 7. The minimum Gasteiger partial charge on any atom is -0.497 e. The third-order valence-corrected chi connectivity index (χ3v) is 14.5. The molecule has 2 aliphatic carbocycles. The molecule has 4 aliphatic rings. The number of hydrogen-bond donors (Lipinski definition) is 0. The molecule has 5 heteroatoms. The van der Waals surface area contributed by atoms with Crippen molar-refractivity contribution in [3.05, 3.63) is 196 Å². The molecule has 7 aromatic rings. The Balaban J connectivity index is 1.12. The third kappa shape index (κ3) is 5.85. The van der Waals surface area contributed by atoms with Gasteiger partial charge < -0.3 is 23.8 Å². The number of ether oxygens (including phenoxy) is 4. The standard InChI is InChI=1S/C56H51NO4/c1-38-14-24-46-49(36-38)53-48(26-27-56(61-53,42-17-21-44(58-2)22-18-42)41-15-19-43(20-16-41)57-32-34-60-35-33-57)52-51(46)47-25-23-45(59-3)37-50(47)55(52)30-28-54(29-31-55,39-10-6-4-7-11-39)40-12-8-5-9-13-40/h4-27,36-37H,28-35H2,1-3H3. The van der Waals surface area contributed by atoms with E-state index in [9.17, 15) is 0 Å². The fourth-order valence-electron chi connectivity index (χ4n) is 11.4. The highest BCUT2D eigenvalue weighted by atomic mass is 16.5. The van der Waals surface area contributed by atoms with E-state index >= 15 is 0 Å². The van der Waals surface area contributed by atoms with Crippen LogP contribution < -0.4 is 19.1 Å². The number of morpholine rings is 1. The Labute approximate surface area is 359 Å². The second-order valence-electron chi connectivity index (χ2n) is 17.4. The topological polar surface area (TPSA) is 40.2 Å². The summed E-state index contributed by atoms with van der Waals surface area (Å²) in [5, 5.41) is 2.37. The SMILES string of the molecule is COc1ccc(C2(c3ccc(N4CCOCC4)cc3)C=Cc3c4c(c5ccc(C)cc5c3O2)-c2ccc(OC)cc2C42CCC(c3ccccc3)(c3ccccc3)CC2)cc1. The van der Waals surface area contributed by atoms with Crippen LogP contribution in [0.5, 0.6) is 17.2 Å². The zero-order valence-corrected chi connectivity index (χ0v) is 35.2. The fourth-order valence-corrected chi connectivity index (χ4v) is 11.4. The van der Waals surface area contributed by atoms with Crippen LogP contribution >= 0.6 is 0 Å². The first kappa shape index (κ1) is 37.7. The van der Waals surface area contributed by atoms with Gasteiger partial charge in [-0.25, -0.2) is 0 Å². The maximum absolute atomic E-state index is 7.82. The summed E-state index contributed by atoms with van der Waals surface area (Å²) < 4.78 is 25.1. The molecule has 0 amide bonds. The highest BCUT2D eigenvalue weighted by Gasteiger charge is 2.53. The van der Waals surface area contributed by atoms with Gasteiger partial charge in [-0.3, -0.25) is 0 Å². The van der Waals surface area contributed by atoms with Gasteiger partial charge >= 0.3 is 0 Å². The van der Waals surface area contributed by atoms with E-state index in [-0.39, 0.29) is 10.8 Å². The predicted octanol–water partition coefficient (Wildman–Crippen LogP) is 12.2. The first-order chi connectivity index (χ1) is 30.0. The van der Waals surface area contributed by atoms with Gasteiger partial charge in [0.1, 0.15) is 17.2 Å². The Kier molecular flexibility index (Phi) is 9.09. The summed E-state index contributed by atoms with van der Waals surface area (Å²) in [7, 11) is 3.51. The lowest BCUT2D eigenvalue weighted by molar-refractivity contribution is 0.122. The fraction of sp³-hybridized carbons (Fsp3) is 0.250. The summed E-state index contributed by atoms with van der Waals surface area (Å²) in [6.07, 6.45) is 8.70. The Morgan fingerprint density at radius 2 is 1.18 bits per heavy atom. The molecule has 0 aromatic heterocycles. The minimum absolute atomic E-state index is 0.104. The largest absolute Gasteiger partial charge is 0.497 e. The highest BCUT2D eigenvalue weighted by molar-refractivity contribution is 6.09. The molecule has 61 heavy (non-hydrogen) atoms. The summed E-state index contributed by atoms with van der Waals surface area (Å²) in [4.78, 5) is 2.40. The average molecular weight is 802 g/mol. The van der Waals surface area contributed by atoms with Crippen LogP contribution in [0.3, 0.4) is 0 Å². The molecule has 2 fully saturated rings. The zero-order valence-electron chi connectivity index (χ0n) is 35.2. The third-order valence-electron chi connectivity index (χ3n) is 14.5.